The molecule has 0 aromatic carbocycles. The molecule has 0 spiro atoms. The third kappa shape index (κ3) is 12.7. The second-order valence-corrected chi connectivity index (χ2v) is 33.1. The van der Waals surface area contributed by atoms with Gasteiger partial charge in [0.05, 0.1) is 27.4 Å². The summed E-state index contributed by atoms with van der Waals surface area (Å²) in [5.41, 5.74) is 0.846. The Bertz CT molecular complexity index is 2570. The smallest absolute Gasteiger partial charge is 0.333 e. The van der Waals surface area contributed by atoms with E-state index in [1.165, 1.54) is 135 Å². The Balaban J connectivity index is 0.000000104. The van der Waals surface area contributed by atoms with Crippen molar-refractivity contribution in [3.63, 3.8) is 0 Å². The first kappa shape index (κ1) is 68.7. The van der Waals surface area contributed by atoms with E-state index in [0.717, 1.165) is 107 Å². The van der Waals surface area contributed by atoms with Gasteiger partial charge in [-0.05, 0) is 332 Å². The van der Waals surface area contributed by atoms with Crippen LogP contribution in [0.1, 0.15) is 150 Å². The quantitative estimate of drug-likeness (QED) is 0.0521. The van der Waals surface area contributed by atoms with Crippen LogP contribution in [-0.2, 0) is 47.6 Å². The molecule has 0 N–H and O–H groups in total. The van der Waals surface area contributed by atoms with E-state index >= 15 is 0 Å². The van der Waals surface area contributed by atoms with Gasteiger partial charge in [0.15, 0.2) is 0 Å². The predicted molar refractivity (Wildman–Crippen MR) is 367 cm³/mol. The largest absolute Gasteiger partial charge is 0.466 e. The molecular weight excluding hydrogens is 1160 g/mol. The molecule has 16 bridgehead atoms. The van der Waals surface area contributed by atoms with E-state index in [9.17, 15) is 19.2 Å². The Labute approximate surface area is 560 Å². The standard InChI is InChI=1S/4C15H20.C7H12O3.C6H10O3.C5H8O2.C4H6O2.CH4/c4*1-2-10-11(3-1)13-7-12(10)14-8-4-5-9(6-8)15(13)14;1-6(2)7(8)10-5-4-9-3;1-3-6(7)9-5-4-8-2;1-4(2)5(6)7-3;1-3-4(5)6-2;/h4*1-2,8-15H,3-7H2;1,4-5H2,2-3H3;3H,1,4-5H2,2H3;1H2,2-3H3;3H,1H2,2H3;1H4. The van der Waals surface area contributed by atoms with Gasteiger partial charge in [0.1, 0.15) is 13.2 Å². The number of fused-ring (bicyclic) bond motifs is 48. The third-order valence-electron chi connectivity index (χ3n) is 30.0. The number of carbonyl (C=O) groups excluding carboxylic acids is 4. The summed E-state index contributed by atoms with van der Waals surface area (Å²) in [6.45, 7) is 17.8. The summed E-state index contributed by atoms with van der Waals surface area (Å²) in [7, 11) is 5.73. The zero-order chi connectivity index (χ0) is 64.2. The Morgan fingerprint density at radius 3 is 0.839 bits per heavy atom. The van der Waals surface area contributed by atoms with Crippen molar-refractivity contribution in [2.24, 2.45) is 189 Å². The molecule has 20 aliphatic carbocycles. The van der Waals surface area contributed by atoms with Crippen LogP contribution in [-0.4, -0.2) is 78.7 Å². The van der Waals surface area contributed by atoms with E-state index < -0.39 is 11.9 Å². The van der Waals surface area contributed by atoms with E-state index in [-0.39, 0.29) is 19.4 Å². The summed E-state index contributed by atoms with van der Waals surface area (Å²) in [4.78, 5) is 41.0. The molecule has 16 saturated carbocycles. The number of rotatable bonds is 10. The molecule has 0 heterocycles. The normalized spacial score (nSPS) is 46.5. The Morgan fingerprint density at radius 1 is 0.355 bits per heavy atom. The average Bonchev–Trinajstić information content (AvgIpc) is 1.57. The van der Waals surface area contributed by atoms with Crippen molar-refractivity contribution < 1.29 is 47.6 Å². The first-order valence-corrected chi connectivity index (χ1v) is 37.4. The minimum atomic E-state index is -0.410. The number of esters is 4. The monoisotopic (exact) mass is 1280 g/mol. The van der Waals surface area contributed by atoms with E-state index in [0.29, 0.717) is 37.6 Å². The molecule has 0 aliphatic heterocycles. The van der Waals surface area contributed by atoms with Crippen LogP contribution in [0.3, 0.4) is 0 Å². The molecule has 32 unspecified atom stereocenters. The number of carbonyl (C=O) groups is 4. The van der Waals surface area contributed by atoms with Gasteiger partial charge in [0, 0.05) is 37.5 Å². The molecule has 0 radical (unpaired) electrons. The summed E-state index contributed by atoms with van der Waals surface area (Å²) in [6, 6.07) is 0. The highest BCUT2D eigenvalue weighted by molar-refractivity contribution is 5.87. The number of methoxy groups -OCH3 is 4. The Morgan fingerprint density at radius 2 is 0.624 bits per heavy atom. The average molecular weight is 1280 g/mol. The van der Waals surface area contributed by atoms with Crippen molar-refractivity contribution in [2.75, 3.05) is 54.9 Å². The van der Waals surface area contributed by atoms with Crippen LogP contribution >= 0.6 is 0 Å². The molecular formula is C83H120O10. The molecule has 10 nitrogen and oxygen atoms in total. The Kier molecular flexibility index (Phi) is 21.7. The number of allylic oxidation sites excluding steroid dienone is 8. The SMILES string of the molecule is C.C1=CC2C(C1)C1CC2C2C3CCC(C3)C12.C1=CC2C(C1)C1CC2C2C3CCC(C3)C12.C1=CC2C(C1)C1CC2C2C3CCC(C3)C12.C1=CC2C(C1)C1CC2C2C3CCC(C3)C12.C=C(C)C(=O)OC.C=C(C)C(=O)OCCOC.C=CC(=O)OC.C=CC(=O)OCCOC. The molecule has 16 fully saturated rings. The highest BCUT2D eigenvalue weighted by Crippen LogP contribution is 2.76. The molecule has 10 heteroatoms. The molecule has 20 rings (SSSR count). The first-order valence-electron chi connectivity index (χ1n) is 37.4. The highest BCUT2D eigenvalue weighted by Gasteiger charge is 2.69. The maximum atomic E-state index is 10.6. The minimum absolute atomic E-state index is 0. The van der Waals surface area contributed by atoms with Gasteiger partial charge in [-0.3, -0.25) is 0 Å². The summed E-state index contributed by atoms with van der Waals surface area (Å²) in [6.07, 6.45) is 54.1. The lowest BCUT2D eigenvalue weighted by Crippen LogP contribution is -2.36. The lowest BCUT2D eigenvalue weighted by Gasteiger charge is -2.40. The summed E-state index contributed by atoms with van der Waals surface area (Å²) in [5.74, 6) is 35.2. The van der Waals surface area contributed by atoms with Crippen LogP contribution in [0.5, 0.6) is 0 Å². The zero-order valence-corrected chi connectivity index (χ0v) is 57.1. The lowest BCUT2D eigenvalue weighted by molar-refractivity contribution is -0.140. The van der Waals surface area contributed by atoms with Crippen molar-refractivity contribution in [2.45, 2.75) is 150 Å². The van der Waals surface area contributed by atoms with Gasteiger partial charge >= 0.3 is 23.9 Å². The second kappa shape index (κ2) is 29.4. The maximum Gasteiger partial charge on any atom is 0.333 e. The molecule has 512 valence electrons. The minimum Gasteiger partial charge on any atom is -0.466 e. The number of hydrogen-bond donors (Lipinski definition) is 0. The van der Waals surface area contributed by atoms with Crippen LogP contribution in [0.2, 0.25) is 0 Å². The van der Waals surface area contributed by atoms with Crippen molar-refractivity contribution in [3.05, 3.63) is 98.2 Å². The highest BCUT2D eigenvalue weighted by atomic mass is 16.6. The van der Waals surface area contributed by atoms with Crippen molar-refractivity contribution in [1.29, 1.82) is 0 Å². The van der Waals surface area contributed by atoms with Gasteiger partial charge in [-0.25, -0.2) is 19.2 Å². The number of hydrogen-bond acceptors (Lipinski definition) is 10. The van der Waals surface area contributed by atoms with E-state index in [4.69, 9.17) is 0 Å². The van der Waals surface area contributed by atoms with Crippen LogP contribution in [0.15, 0.2) is 98.2 Å². The van der Waals surface area contributed by atoms with Gasteiger partial charge in [-0.15, -0.1) is 0 Å². The van der Waals surface area contributed by atoms with Crippen molar-refractivity contribution in [1.82, 2.24) is 0 Å². The van der Waals surface area contributed by atoms with Crippen LogP contribution in [0.4, 0.5) is 0 Å². The molecule has 32 atom stereocenters. The van der Waals surface area contributed by atoms with Crippen LogP contribution in [0.25, 0.3) is 0 Å². The lowest BCUT2D eigenvalue weighted by atomic mass is 9.64. The molecule has 0 saturated heterocycles. The molecule has 20 aliphatic rings. The van der Waals surface area contributed by atoms with E-state index in [1.54, 1.807) is 131 Å². The van der Waals surface area contributed by atoms with Gasteiger partial charge in [-0.2, -0.15) is 0 Å². The molecule has 0 aromatic rings. The fourth-order valence-electron chi connectivity index (χ4n) is 27.9. The van der Waals surface area contributed by atoms with Gasteiger partial charge in [0.25, 0.3) is 0 Å². The molecule has 0 amide bonds. The molecule has 0 aromatic heterocycles. The van der Waals surface area contributed by atoms with Crippen molar-refractivity contribution in [3.8, 4) is 0 Å². The fraction of sp³-hybridized carbons (Fsp3) is 0.759. The predicted octanol–water partition coefficient (Wildman–Crippen LogP) is 16.8. The topological polar surface area (TPSA) is 124 Å². The molecule has 93 heavy (non-hydrogen) atoms. The van der Waals surface area contributed by atoms with Gasteiger partial charge in [-0.1, -0.05) is 82.4 Å². The van der Waals surface area contributed by atoms with Crippen LogP contribution < -0.4 is 0 Å². The summed E-state index contributed by atoms with van der Waals surface area (Å²) < 4.78 is 26.9. The van der Waals surface area contributed by atoms with Gasteiger partial charge < -0.3 is 28.4 Å². The van der Waals surface area contributed by atoms with Crippen molar-refractivity contribution >= 4 is 23.9 Å². The summed E-state index contributed by atoms with van der Waals surface area (Å²) >= 11 is 0. The number of ether oxygens (including phenoxy) is 6. The van der Waals surface area contributed by atoms with Crippen LogP contribution in [0, 0.1) is 189 Å². The van der Waals surface area contributed by atoms with Gasteiger partial charge in [0.2, 0.25) is 0 Å². The zero-order valence-electron chi connectivity index (χ0n) is 57.1. The Hall–Kier alpha value is -4.28. The first-order chi connectivity index (χ1) is 44.7. The fourth-order valence-corrected chi connectivity index (χ4v) is 27.9. The van der Waals surface area contributed by atoms with E-state index in [2.05, 4.69) is 103 Å². The third-order valence-corrected chi connectivity index (χ3v) is 30.0. The second-order valence-electron chi connectivity index (χ2n) is 33.1. The summed E-state index contributed by atoms with van der Waals surface area (Å²) in [5, 5.41) is 0. The maximum absolute atomic E-state index is 10.6. The van der Waals surface area contributed by atoms with E-state index in [1.807, 2.05) is 0 Å².